The Morgan fingerprint density at radius 2 is 1.50 bits per heavy atom. The maximum Gasteiger partial charge on any atom is 0.174 e. The molecule has 7 heteroatoms. The molecule has 212 valence electrons. The second-order valence-corrected chi connectivity index (χ2v) is 11.1. The van der Waals surface area contributed by atoms with Gasteiger partial charge in [-0.3, -0.25) is 4.98 Å². The molecule has 0 spiro atoms. The number of nitrogens with one attached hydrogen (secondary N) is 1. The van der Waals surface area contributed by atoms with Crippen LogP contribution in [0.2, 0.25) is 0 Å². The molecule has 42 heavy (non-hydrogen) atoms. The normalized spacial score (nSPS) is 16.4. The minimum atomic E-state index is -0.124. The summed E-state index contributed by atoms with van der Waals surface area (Å²) in [6.45, 7) is 8.67. The number of pyridine rings is 1. The molecule has 0 unspecified atom stereocenters. The van der Waals surface area contributed by atoms with E-state index in [-0.39, 0.29) is 12.1 Å². The second kappa shape index (κ2) is 11.3. The summed E-state index contributed by atoms with van der Waals surface area (Å²) < 4.78 is 13.7. The van der Waals surface area contributed by atoms with Gasteiger partial charge in [0.05, 0.1) is 24.9 Å². The van der Waals surface area contributed by atoms with Crippen molar-refractivity contribution in [2.45, 2.75) is 39.8 Å². The average molecular weight is 575 g/mol. The van der Waals surface area contributed by atoms with E-state index in [1.165, 1.54) is 33.8 Å². The van der Waals surface area contributed by atoms with Gasteiger partial charge in [-0.25, -0.2) is 0 Å². The second-order valence-electron chi connectivity index (χ2n) is 10.7. The van der Waals surface area contributed by atoms with Crippen LogP contribution in [0.25, 0.3) is 5.69 Å². The Kier molecular flexibility index (Phi) is 7.43. The highest BCUT2D eigenvalue weighted by Gasteiger charge is 2.42. The number of ether oxygens (including phenoxy) is 2. The molecule has 5 aromatic rings. The van der Waals surface area contributed by atoms with Crippen LogP contribution in [0.15, 0.2) is 97.2 Å². The van der Waals surface area contributed by atoms with E-state index < -0.39 is 0 Å². The molecule has 1 fully saturated rings. The maximum atomic E-state index is 6.10. The summed E-state index contributed by atoms with van der Waals surface area (Å²) in [6, 6.07) is 30.3. The molecule has 1 saturated heterocycles. The van der Waals surface area contributed by atoms with Gasteiger partial charge < -0.3 is 24.3 Å². The van der Waals surface area contributed by atoms with Gasteiger partial charge in [-0.1, -0.05) is 18.2 Å². The van der Waals surface area contributed by atoms with Crippen LogP contribution in [0.4, 0.5) is 5.69 Å². The SMILES string of the molecule is COc1ccc(Oc2ccc(N3C(=S)N[C@@H](c4ccccn4)[C@@H]3c3cc(C)n(-c4cc(C)ccc4C)c3C)cc2)cc1. The van der Waals surface area contributed by atoms with Crippen LogP contribution in [0.1, 0.15) is 45.9 Å². The third-order valence-corrected chi connectivity index (χ3v) is 8.22. The standard InChI is InChI=1S/C35H34N4O2S/c1-22-9-10-23(2)32(20-22)38-24(3)21-30(25(38)4)34-33(31-8-6-7-19-36-31)37-35(42)39(34)26-11-13-28(14-12-26)41-29-17-15-27(40-5)16-18-29/h6-21,33-34H,1-5H3,(H,37,42)/t33-,34-/m0/s1. The molecule has 1 aliphatic rings. The zero-order valence-electron chi connectivity index (χ0n) is 24.5. The number of thiocarbonyl (C=S) groups is 1. The molecule has 2 aromatic heterocycles. The molecule has 1 aliphatic heterocycles. The van der Waals surface area contributed by atoms with E-state index in [2.05, 4.69) is 84.9 Å². The predicted octanol–water partition coefficient (Wildman–Crippen LogP) is 8.08. The molecule has 0 bridgehead atoms. The Labute approximate surface area is 252 Å². The lowest BCUT2D eigenvalue weighted by atomic mass is 9.96. The molecular weight excluding hydrogens is 540 g/mol. The monoisotopic (exact) mass is 574 g/mol. The van der Waals surface area contributed by atoms with Gasteiger partial charge >= 0.3 is 0 Å². The molecule has 6 nitrogen and oxygen atoms in total. The van der Waals surface area contributed by atoms with Crippen LogP contribution in [-0.2, 0) is 0 Å². The molecule has 0 amide bonds. The fraction of sp³-hybridized carbons (Fsp3) is 0.200. The zero-order valence-corrected chi connectivity index (χ0v) is 25.3. The van der Waals surface area contributed by atoms with E-state index in [0.717, 1.165) is 28.6 Å². The summed E-state index contributed by atoms with van der Waals surface area (Å²) in [7, 11) is 1.65. The van der Waals surface area contributed by atoms with Crippen LogP contribution < -0.4 is 19.7 Å². The predicted molar refractivity (Wildman–Crippen MR) is 172 cm³/mol. The summed E-state index contributed by atoms with van der Waals surface area (Å²) in [5, 5.41) is 4.25. The zero-order chi connectivity index (χ0) is 29.4. The van der Waals surface area contributed by atoms with Crippen LogP contribution in [0, 0.1) is 27.7 Å². The summed E-state index contributed by atoms with van der Waals surface area (Å²) in [6.07, 6.45) is 1.84. The quantitative estimate of drug-likeness (QED) is 0.198. The molecule has 3 aromatic carbocycles. The summed E-state index contributed by atoms with van der Waals surface area (Å²) in [5.74, 6) is 2.28. The van der Waals surface area contributed by atoms with E-state index in [9.17, 15) is 0 Å². The van der Waals surface area contributed by atoms with Gasteiger partial charge in [0.25, 0.3) is 0 Å². The molecule has 0 radical (unpaired) electrons. The summed E-state index contributed by atoms with van der Waals surface area (Å²) in [4.78, 5) is 6.94. The number of benzene rings is 3. The first-order chi connectivity index (χ1) is 20.3. The van der Waals surface area contributed by atoms with Gasteiger partial charge in [-0.2, -0.15) is 0 Å². The van der Waals surface area contributed by atoms with E-state index >= 15 is 0 Å². The van der Waals surface area contributed by atoms with Gasteiger partial charge in [0.2, 0.25) is 0 Å². The molecule has 2 atom stereocenters. The Bertz CT molecular complexity index is 1730. The van der Waals surface area contributed by atoms with Gasteiger partial charge in [0.15, 0.2) is 5.11 Å². The largest absolute Gasteiger partial charge is 0.497 e. The number of hydrogen-bond acceptors (Lipinski definition) is 4. The molecule has 6 rings (SSSR count). The lowest BCUT2D eigenvalue weighted by Gasteiger charge is -2.28. The van der Waals surface area contributed by atoms with Crippen molar-refractivity contribution in [1.82, 2.24) is 14.9 Å². The first-order valence-corrected chi connectivity index (χ1v) is 14.4. The first kappa shape index (κ1) is 27.5. The number of methoxy groups -OCH3 is 1. The lowest BCUT2D eigenvalue weighted by Crippen LogP contribution is -2.29. The number of aryl methyl sites for hydroxylation is 3. The Morgan fingerprint density at radius 3 is 2.17 bits per heavy atom. The highest BCUT2D eigenvalue weighted by atomic mass is 32.1. The van der Waals surface area contributed by atoms with Gasteiger partial charge in [-0.05, 0) is 129 Å². The highest BCUT2D eigenvalue weighted by Crippen LogP contribution is 2.44. The van der Waals surface area contributed by atoms with Crippen molar-refractivity contribution in [2.24, 2.45) is 0 Å². The number of hydrogen-bond donors (Lipinski definition) is 1. The Hall–Kier alpha value is -4.62. The topological polar surface area (TPSA) is 51.6 Å². The van der Waals surface area contributed by atoms with Crippen LogP contribution in [0.5, 0.6) is 17.2 Å². The average Bonchev–Trinajstić information content (AvgIpc) is 3.50. The number of aromatic nitrogens is 2. The fourth-order valence-corrected chi connectivity index (χ4v) is 6.17. The van der Waals surface area contributed by atoms with Crippen molar-refractivity contribution in [3.63, 3.8) is 0 Å². The highest BCUT2D eigenvalue weighted by molar-refractivity contribution is 7.80. The third kappa shape index (κ3) is 5.12. The van der Waals surface area contributed by atoms with Crippen LogP contribution in [-0.4, -0.2) is 21.8 Å². The van der Waals surface area contributed by atoms with Crippen molar-refractivity contribution < 1.29 is 9.47 Å². The molecule has 3 heterocycles. The maximum absolute atomic E-state index is 6.10. The number of anilines is 1. The summed E-state index contributed by atoms with van der Waals surface area (Å²) in [5.41, 5.74) is 9.16. The molecule has 1 N–H and O–H groups in total. The minimum Gasteiger partial charge on any atom is -0.497 e. The summed E-state index contributed by atoms with van der Waals surface area (Å²) >= 11 is 5.99. The van der Waals surface area contributed by atoms with Crippen molar-refractivity contribution in [3.8, 4) is 22.9 Å². The minimum absolute atomic E-state index is 0.106. The molecular formula is C35H34N4O2S. The number of rotatable bonds is 7. The molecule has 0 aliphatic carbocycles. The van der Waals surface area contributed by atoms with Crippen molar-refractivity contribution >= 4 is 23.0 Å². The Morgan fingerprint density at radius 1 is 0.810 bits per heavy atom. The smallest absolute Gasteiger partial charge is 0.174 e. The van der Waals surface area contributed by atoms with Gasteiger partial charge in [0, 0.05) is 29.0 Å². The molecule has 0 saturated carbocycles. The van der Waals surface area contributed by atoms with E-state index in [1.807, 2.05) is 54.7 Å². The van der Waals surface area contributed by atoms with Crippen molar-refractivity contribution in [3.05, 3.63) is 131 Å². The number of nitrogens with zero attached hydrogens (tertiary/aromatic N) is 3. The van der Waals surface area contributed by atoms with E-state index in [0.29, 0.717) is 5.11 Å². The van der Waals surface area contributed by atoms with E-state index in [1.54, 1.807) is 7.11 Å². The Balaban J connectivity index is 1.40. The van der Waals surface area contributed by atoms with Gasteiger partial charge in [-0.15, -0.1) is 0 Å². The lowest BCUT2D eigenvalue weighted by molar-refractivity contribution is 0.413. The van der Waals surface area contributed by atoms with Crippen LogP contribution in [0.3, 0.4) is 0 Å². The van der Waals surface area contributed by atoms with Crippen molar-refractivity contribution in [2.75, 3.05) is 12.0 Å². The van der Waals surface area contributed by atoms with E-state index in [4.69, 9.17) is 26.7 Å². The third-order valence-electron chi connectivity index (χ3n) is 7.90. The van der Waals surface area contributed by atoms with Crippen molar-refractivity contribution in [1.29, 1.82) is 0 Å². The first-order valence-electron chi connectivity index (χ1n) is 14.0. The van der Waals surface area contributed by atoms with Gasteiger partial charge in [0.1, 0.15) is 17.2 Å². The fourth-order valence-electron chi connectivity index (χ4n) is 5.82. The van der Waals surface area contributed by atoms with Crippen LogP contribution >= 0.6 is 12.2 Å².